The Bertz CT molecular complexity index is 6960. The Hall–Kier alpha value is -16.7. The highest BCUT2D eigenvalue weighted by molar-refractivity contribution is 5.95. The largest absolute Gasteiger partial charge is 0.508 e. The van der Waals surface area contributed by atoms with Crippen LogP contribution in [0.1, 0.15) is 27.8 Å². The summed E-state index contributed by atoms with van der Waals surface area (Å²) >= 11 is 0. The number of hydrogen-bond donors (Lipinski definition) is 19. The molecule has 1 aliphatic heterocycles. The number of halogens is 2. The molecular formula is C102H104F2N24O9. The molecule has 700 valence electrons. The lowest BCUT2D eigenvalue weighted by Gasteiger charge is -2.13. The molecule has 33 nitrogen and oxygen atoms in total. The summed E-state index contributed by atoms with van der Waals surface area (Å²) in [5.74, 6) is 7.53. The standard InChI is InChI=1S/2C18H20N4O.C17H17FN4O.C17H16N4O3.C16H15FN4O.C16H16N4O2/c1-12-9-13(2)11-14(10-12)20-18-21-16-6-4-3-5-15(16)17(22-18)19-7-8-23;1-12-7-8-13(2)16(11-12)21-18-20-15-6-4-3-5-14(15)17(22-18)19-9-10-23;1-11-8-12(18)10-13(9-11)20-17-21-15-5-3-2-4-14(15)16(22-17)19-6-7-23;22-8-7-18-16-12-3-1-2-4-13(12)20-17(21-16)19-11-5-6-14-15(9-11)24-10-23-14;17-12-6-2-4-8-14(12)20-16-19-13-7-3-1-5-11(13)15(21-16)18-9-10-22;21-9-8-17-15-13-6-1-2-7-14(13)19-16(20-15)18-11-4-3-5-12(22)10-11/h3-6,9-11,23H,7-8H2,1-2H3,(H2,19,20,21,22);3-8,11,23H,9-10H2,1-2H3,(H2,19,20,21,22);2-5,8-10,23H,6-7H2,1H3,(H2,19,20,21,22);1-6,9,22H,7-8,10H2,(H2,18,19,20,21);1-8,22H,9-10H2,(H2,18,19,20,21);1-7,10,21-22H,8-9H2,(H2,17,18,19,20). The van der Waals surface area contributed by atoms with Gasteiger partial charge in [-0.15, -0.1) is 0 Å². The van der Waals surface area contributed by atoms with E-state index in [2.05, 4.69) is 181 Å². The van der Waals surface area contributed by atoms with E-state index in [1.807, 2.05) is 190 Å². The third-order valence-electron chi connectivity index (χ3n) is 20.3. The van der Waals surface area contributed by atoms with Crippen molar-refractivity contribution in [1.29, 1.82) is 0 Å². The van der Waals surface area contributed by atoms with E-state index in [4.69, 9.17) is 40.1 Å². The van der Waals surface area contributed by atoms with Gasteiger partial charge in [-0.05, 0) is 208 Å². The van der Waals surface area contributed by atoms with Crippen LogP contribution in [0.2, 0.25) is 0 Å². The van der Waals surface area contributed by atoms with Crippen molar-refractivity contribution in [2.45, 2.75) is 34.6 Å². The number of nitrogens with zero attached hydrogens (tertiary/aromatic N) is 12. The van der Waals surface area contributed by atoms with Gasteiger partial charge in [-0.2, -0.15) is 29.9 Å². The molecule has 6 aromatic heterocycles. The average molecular weight is 1850 g/mol. The highest BCUT2D eigenvalue weighted by atomic mass is 19.1. The molecular weight excluding hydrogens is 1740 g/mol. The lowest BCUT2D eigenvalue weighted by Crippen LogP contribution is -2.09. The predicted molar refractivity (Wildman–Crippen MR) is 540 cm³/mol. The van der Waals surface area contributed by atoms with Crippen LogP contribution in [0.3, 0.4) is 0 Å². The summed E-state index contributed by atoms with van der Waals surface area (Å²) in [6, 6.07) is 81.9. The number of rotatable bonds is 30. The number of anilines is 18. The zero-order chi connectivity index (χ0) is 95.8. The number of aromatic nitrogens is 12. The number of phenolic OH excluding ortho intramolecular Hbond substituents is 1. The summed E-state index contributed by atoms with van der Waals surface area (Å²) in [4.78, 5) is 53.8. The second-order valence-corrected chi connectivity index (χ2v) is 30.9. The number of ether oxygens (including phenoxy) is 2. The van der Waals surface area contributed by atoms with E-state index in [1.54, 1.807) is 36.4 Å². The molecule has 0 saturated carbocycles. The number of hydrogen-bond acceptors (Lipinski definition) is 33. The first-order chi connectivity index (χ1) is 66.8. The second kappa shape index (κ2) is 48.1. The van der Waals surface area contributed by atoms with Crippen LogP contribution >= 0.6 is 0 Å². The first-order valence-electron chi connectivity index (χ1n) is 44.0. The van der Waals surface area contributed by atoms with E-state index in [9.17, 15) is 13.9 Å². The molecule has 18 aromatic rings. The van der Waals surface area contributed by atoms with Crippen molar-refractivity contribution in [3.8, 4) is 17.2 Å². The van der Waals surface area contributed by atoms with Crippen molar-refractivity contribution in [3.63, 3.8) is 0 Å². The van der Waals surface area contributed by atoms with Gasteiger partial charge in [0.15, 0.2) is 11.5 Å². The number of aromatic hydroxyl groups is 1. The number of nitrogens with one attached hydrogen (secondary N) is 12. The average Bonchev–Trinajstić information content (AvgIpc) is 1.80. The van der Waals surface area contributed by atoms with Crippen molar-refractivity contribution in [3.05, 3.63) is 306 Å². The maximum atomic E-state index is 13.7. The molecule has 0 unspecified atom stereocenters. The highest BCUT2D eigenvalue weighted by Crippen LogP contribution is 2.37. The van der Waals surface area contributed by atoms with Crippen molar-refractivity contribution in [2.75, 3.05) is 150 Å². The maximum Gasteiger partial charge on any atom is 0.231 e. The van der Waals surface area contributed by atoms with Gasteiger partial charge in [0.1, 0.15) is 52.3 Å². The molecule has 0 spiro atoms. The summed E-state index contributed by atoms with van der Waals surface area (Å²) in [6.45, 7) is 12.9. The Morgan fingerprint density at radius 3 is 0.949 bits per heavy atom. The molecule has 0 fully saturated rings. The molecule has 0 aliphatic carbocycles. The van der Waals surface area contributed by atoms with E-state index < -0.39 is 0 Å². The quantitative estimate of drug-likeness (QED) is 0.0199. The van der Waals surface area contributed by atoms with Crippen molar-refractivity contribution in [1.82, 2.24) is 59.8 Å². The molecule has 35 heteroatoms. The topological polar surface area (TPSA) is 459 Å². The second-order valence-electron chi connectivity index (χ2n) is 30.9. The fourth-order valence-corrected chi connectivity index (χ4v) is 14.3. The van der Waals surface area contributed by atoms with Gasteiger partial charge in [0, 0.05) is 112 Å². The maximum absolute atomic E-state index is 13.7. The van der Waals surface area contributed by atoms with Gasteiger partial charge >= 0.3 is 0 Å². The zero-order valence-electron chi connectivity index (χ0n) is 75.7. The van der Waals surface area contributed by atoms with Crippen LogP contribution in [0.4, 0.5) is 114 Å². The molecule has 19 N–H and O–H groups in total. The van der Waals surface area contributed by atoms with Gasteiger partial charge < -0.3 is 109 Å². The van der Waals surface area contributed by atoms with Gasteiger partial charge in [-0.1, -0.05) is 109 Å². The molecule has 7 heterocycles. The van der Waals surface area contributed by atoms with E-state index >= 15 is 0 Å². The monoisotopic (exact) mass is 1850 g/mol. The van der Waals surface area contributed by atoms with Crippen LogP contribution in [-0.2, 0) is 0 Å². The number of aryl methyl sites for hydroxylation is 5. The molecule has 0 radical (unpaired) electrons. The minimum absolute atomic E-state index is 0.00415. The number of aliphatic hydroxyl groups is 6. The van der Waals surface area contributed by atoms with Crippen molar-refractivity contribution >= 4 is 170 Å². The van der Waals surface area contributed by atoms with Crippen LogP contribution in [0.25, 0.3) is 65.4 Å². The fraction of sp³-hybridized carbons (Fsp3) is 0.176. The Balaban J connectivity index is 0.000000131. The van der Waals surface area contributed by atoms with Gasteiger partial charge in [-0.25, -0.2) is 38.7 Å². The number of fused-ring (bicyclic) bond motifs is 7. The van der Waals surface area contributed by atoms with Crippen LogP contribution in [0.15, 0.2) is 267 Å². The number of phenols is 1. The fourth-order valence-electron chi connectivity index (χ4n) is 14.3. The number of para-hydroxylation sites is 7. The highest BCUT2D eigenvalue weighted by Gasteiger charge is 2.19. The van der Waals surface area contributed by atoms with Crippen LogP contribution in [0.5, 0.6) is 17.2 Å². The summed E-state index contributed by atoms with van der Waals surface area (Å²) in [7, 11) is 0. The van der Waals surface area contributed by atoms with Crippen molar-refractivity contribution < 1.29 is 54.0 Å². The molecule has 0 amide bonds. The smallest absolute Gasteiger partial charge is 0.231 e. The lowest BCUT2D eigenvalue weighted by molar-refractivity contribution is 0.174. The Labute approximate surface area is 787 Å². The van der Waals surface area contributed by atoms with Gasteiger partial charge in [0.25, 0.3) is 0 Å². The van der Waals surface area contributed by atoms with Crippen molar-refractivity contribution in [2.24, 2.45) is 0 Å². The molecule has 19 rings (SSSR count). The Morgan fingerprint density at radius 2 is 0.584 bits per heavy atom. The van der Waals surface area contributed by atoms with E-state index in [0.29, 0.717) is 121 Å². The van der Waals surface area contributed by atoms with Gasteiger partial charge in [-0.3, -0.25) is 0 Å². The summed E-state index contributed by atoms with van der Waals surface area (Å²) < 4.78 is 37.9. The zero-order valence-corrected chi connectivity index (χ0v) is 75.7. The molecule has 0 bridgehead atoms. The SMILES string of the molecule is Cc1cc(C)cc(Nc2nc(NCCO)c3ccccc3n2)c1.Cc1cc(F)cc(Nc2nc(NCCO)c3ccccc3n2)c1.Cc1ccc(C)c(Nc2nc(NCCO)c3ccccc3n2)c1.OCCNc1nc(Nc2ccc3c(c2)OCO3)nc2ccccc12.OCCNc1nc(Nc2cccc(O)c2)nc2ccccc12.OCCNc1nc(Nc2ccccc2F)nc2ccccc12. The molecule has 12 aromatic carbocycles. The van der Waals surface area contributed by atoms with E-state index in [0.717, 1.165) is 111 Å². The molecule has 137 heavy (non-hydrogen) atoms. The summed E-state index contributed by atoms with van der Waals surface area (Å²) in [5.41, 5.74) is 14.7. The summed E-state index contributed by atoms with van der Waals surface area (Å²) in [5, 5.41) is 106. The minimum atomic E-state index is -0.371. The Kier molecular flexibility index (Phi) is 33.8. The number of aliphatic hydroxyl groups excluding tert-OH is 6. The van der Waals surface area contributed by atoms with E-state index in [-0.39, 0.29) is 63.8 Å². The predicted octanol–water partition coefficient (Wildman–Crippen LogP) is 17.9. The van der Waals surface area contributed by atoms with Crippen LogP contribution < -0.4 is 73.3 Å². The Morgan fingerprint density at radius 1 is 0.263 bits per heavy atom. The minimum Gasteiger partial charge on any atom is -0.508 e. The van der Waals surface area contributed by atoms with Crippen LogP contribution in [0, 0.1) is 46.3 Å². The lowest BCUT2D eigenvalue weighted by atomic mass is 10.1. The van der Waals surface area contributed by atoms with E-state index in [1.165, 1.54) is 34.9 Å². The van der Waals surface area contributed by atoms with Gasteiger partial charge in [0.05, 0.1) is 78.4 Å². The number of benzene rings is 12. The third-order valence-corrected chi connectivity index (χ3v) is 20.3. The molecule has 0 atom stereocenters. The molecule has 1 aliphatic rings. The summed E-state index contributed by atoms with van der Waals surface area (Å²) in [6.07, 6.45) is 0. The first-order valence-corrected chi connectivity index (χ1v) is 44.0. The van der Waals surface area contributed by atoms with Gasteiger partial charge in [0.2, 0.25) is 42.5 Å². The first kappa shape index (κ1) is 96.4. The van der Waals surface area contributed by atoms with Crippen LogP contribution in [-0.4, -0.2) is 181 Å². The third kappa shape index (κ3) is 27.1. The molecule has 0 saturated heterocycles. The normalized spacial score (nSPS) is 11.0.